The van der Waals surface area contributed by atoms with Gasteiger partial charge in [0, 0.05) is 17.9 Å². The second kappa shape index (κ2) is 4.45. The molecule has 84 valence electrons. The maximum atomic E-state index is 8.82. The van der Waals surface area contributed by atoms with Gasteiger partial charge >= 0.3 is 0 Å². The van der Waals surface area contributed by atoms with E-state index in [9.17, 15) is 0 Å². The van der Waals surface area contributed by atoms with E-state index in [0.29, 0.717) is 19.1 Å². The predicted octanol–water partition coefficient (Wildman–Crippen LogP) is 0.822. The molecule has 0 bridgehead atoms. The Hall–Kier alpha value is -1.67. The Morgan fingerprint density at radius 2 is 2.12 bits per heavy atom. The Labute approximate surface area is 94.7 Å². The van der Waals surface area contributed by atoms with Gasteiger partial charge < -0.3 is 9.64 Å². The van der Waals surface area contributed by atoms with Crippen molar-refractivity contribution in [1.82, 2.24) is 9.97 Å². The van der Waals surface area contributed by atoms with Gasteiger partial charge in [-0.1, -0.05) is 0 Å². The molecule has 0 N–H and O–H groups in total. The highest BCUT2D eigenvalue weighted by molar-refractivity contribution is 5.33. The van der Waals surface area contributed by atoms with Crippen molar-refractivity contribution in [1.29, 1.82) is 5.26 Å². The molecule has 1 unspecified atom stereocenters. The molecule has 1 saturated heterocycles. The van der Waals surface area contributed by atoms with Gasteiger partial charge in [-0.05, 0) is 19.9 Å². The van der Waals surface area contributed by atoms with Crippen molar-refractivity contribution >= 4 is 5.95 Å². The summed E-state index contributed by atoms with van der Waals surface area (Å²) in [5.74, 6) is 0.695. The summed E-state index contributed by atoms with van der Waals surface area (Å²) in [6.07, 6.45) is -0.377. The highest BCUT2D eigenvalue weighted by Gasteiger charge is 2.22. The van der Waals surface area contributed by atoms with Crippen LogP contribution >= 0.6 is 0 Å². The molecule has 1 aliphatic heterocycles. The second-order valence-corrected chi connectivity index (χ2v) is 3.89. The number of nitrogens with zero attached hydrogens (tertiary/aromatic N) is 4. The summed E-state index contributed by atoms with van der Waals surface area (Å²) >= 11 is 0. The lowest BCUT2D eigenvalue weighted by Crippen LogP contribution is -2.42. The molecule has 1 aliphatic rings. The molecule has 1 aromatic rings. The number of hydrogen-bond donors (Lipinski definition) is 0. The van der Waals surface area contributed by atoms with E-state index in [4.69, 9.17) is 10.00 Å². The van der Waals surface area contributed by atoms with Crippen LogP contribution in [0.1, 0.15) is 11.4 Å². The molecule has 0 amide bonds. The highest BCUT2D eigenvalue weighted by Crippen LogP contribution is 2.13. The standard InChI is InChI=1S/C11H14N4O/c1-8-5-9(2)14-11(13-8)15-3-4-16-10(6-12)7-15/h5,10H,3-4,7H2,1-2H3. The Kier molecular flexibility index (Phi) is 3.02. The number of aryl methyl sites for hydroxylation is 2. The van der Waals surface area contributed by atoms with Gasteiger partial charge in [0.15, 0.2) is 6.10 Å². The number of ether oxygens (including phenoxy) is 1. The number of anilines is 1. The van der Waals surface area contributed by atoms with Crippen molar-refractivity contribution in [2.75, 3.05) is 24.6 Å². The second-order valence-electron chi connectivity index (χ2n) is 3.89. The van der Waals surface area contributed by atoms with Crippen molar-refractivity contribution in [3.8, 4) is 6.07 Å². The van der Waals surface area contributed by atoms with E-state index in [2.05, 4.69) is 16.0 Å². The molecule has 0 radical (unpaired) electrons. The summed E-state index contributed by atoms with van der Waals surface area (Å²) < 4.78 is 5.28. The van der Waals surface area contributed by atoms with Crippen LogP contribution in [-0.4, -0.2) is 35.8 Å². The van der Waals surface area contributed by atoms with Crippen LogP contribution in [-0.2, 0) is 4.74 Å². The molecule has 1 atom stereocenters. The normalized spacial score (nSPS) is 20.6. The van der Waals surface area contributed by atoms with Crippen molar-refractivity contribution < 1.29 is 4.74 Å². The summed E-state index contributed by atoms with van der Waals surface area (Å²) in [6, 6.07) is 4.05. The third-order valence-electron chi connectivity index (χ3n) is 2.46. The largest absolute Gasteiger partial charge is 0.360 e. The number of aromatic nitrogens is 2. The Morgan fingerprint density at radius 3 is 2.75 bits per heavy atom. The topological polar surface area (TPSA) is 62.0 Å². The fourth-order valence-electron chi connectivity index (χ4n) is 1.76. The summed E-state index contributed by atoms with van der Waals surface area (Å²) in [5, 5.41) is 8.82. The van der Waals surface area contributed by atoms with Crippen LogP contribution in [0.2, 0.25) is 0 Å². The van der Waals surface area contributed by atoms with Gasteiger partial charge in [0.25, 0.3) is 0 Å². The Balaban J connectivity index is 2.20. The van der Waals surface area contributed by atoms with Gasteiger partial charge in [-0.2, -0.15) is 5.26 Å². The molecular weight excluding hydrogens is 204 g/mol. The fourth-order valence-corrected chi connectivity index (χ4v) is 1.76. The van der Waals surface area contributed by atoms with Gasteiger partial charge in [-0.15, -0.1) is 0 Å². The van der Waals surface area contributed by atoms with Gasteiger partial charge in [0.1, 0.15) is 0 Å². The third-order valence-corrected chi connectivity index (χ3v) is 2.46. The molecule has 5 heteroatoms. The number of nitriles is 1. The van der Waals surface area contributed by atoms with Crippen molar-refractivity contribution in [2.45, 2.75) is 20.0 Å². The van der Waals surface area contributed by atoms with E-state index in [1.807, 2.05) is 24.8 Å². The average molecular weight is 218 g/mol. The lowest BCUT2D eigenvalue weighted by Gasteiger charge is -2.29. The van der Waals surface area contributed by atoms with Gasteiger partial charge in [0.05, 0.1) is 19.2 Å². The maximum Gasteiger partial charge on any atom is 0.225 e. The minimum absolute atomic E-state index is 0.377. The minimum Gasteiger partial charge on any atom is -0.360 e. The van der Waals surface area contributed by atoms with Crippen molar-refractivity contribution in [3.05, 3.63) is 17.5 Å². The summed E-state index contributed by atoms with van der Waals surface area (Å²) in [7, 11) is 0. The first-order valence-corrected chi connectivity index (χ1v) is 5.27. The zero-order chi connectivity index (χ0) is 11.5. The number of rotatable bonds is 1. The van der Waals surface area contributed by atoms with E-state index < -0.39 is 0 Å². The molecule has 2 rings (SSSR count). The first-order chi connectivity index (χ1) is 7.69. The molecule has 0 spiro atoms. The molecule has 2 heterocycles. The lowest BCUT2D eigenvalue weighted by atomic mass is 10.3. The zero-order valence-electron chi connectivity index (χ0n) is 9.47. The van der Waals surface area contributed by atoms with E-state index in [1.54, 1.807) is 0 Å². The Morgan fingerprint density at radius 1 is 1.44 bits per heavy atom. The van der Waals surface area contributed by atoms with Crippen molar-refractivity contribution in [3.63, 3.8) is 0 Å². The summed E-state index contributed by atoms with van der Waals surface area (Å²) in [4.78, 5) is 10.7. The molecule has 0 aromatic carbocycles. The van der Waals surface area contributed by atoms with E-state index in [-0.39, 0.29) is 6.10 Å². The molecule has 16 heavy (non-hydrogen) atoms. The van der Waals surface area contributed by atoms with Crippen LogP contribution in [0.5, 0.6) is 0 Å². The van der Waals surface area contributed by atoms with Crippen LogP contribution in [0.4, 0.5) is 5.95 Å². The maximum absolute atomic E-state index is 8.82. The van der Waals surface area contributed by atoms with Crippen LogP contribution in [0, 0.1) is 25.2 Å². The van der Waals surface area contributed by atoms with E-state index in [0.717, 1.165) is 17.9 Å². The number of hydrogen-bond acceptors (Lipinski definition) is 5. The molecule has 0 aliphatic carbocycles. The quantitative estimate of drug-likeness (QED) is 0.698. The predicted molar refractivity (Wildman–Crippen MR) is 59.1 cm³/mol. The monoisotopic (exact) mass is 218 g/mol. The first kappa shape index (κ1) is 10.8. The molecular formula is C11H14N4O. The fraction of sp³-hybridized carbons (Fsp3) is 0.545. The zero-order valence-corrected chi connectivity index (χ0v) is 9.47. The van der Waals surface area contributed by atoms with Crippen LogP contribution < -0.4 is 4.90 Å². The average Bonchev–Trinajstić information content (AvgIpc) is 2.28. The SMILES string of the molecule is Cc1cc(C)nc(N2CCOC(C#N)C2)n1. The molecule has 0 saturated carbocycles. The minimum atomic E-state index is -0.377. The summed E-state index contributed by atoms with van der Waals surface area (Å²) in [6.45, 7) is 5.72. The Bertz CT molecular complexity index is 406. The van der Waals surface area contributed by atoms with Crippen LogP contribution in [0.15, 0.2) is 6.07 Å². The van der Waals surface area contributed by atoms with Crippen LogP contribution in [0.25, 0.3) is 0 Å². The molecule has 1 fully saturated rings. The van der Waals surface area contributed by atoms with E-state index in [1.165, 1.54) is 0 Å². The van der Waals surface area contributed by atoms with Gasteiger partial charge in [-0.3, -0.25) is 0 Å². The van der Waals surface area contributed by atoms with Gasteiger partial charge in [-0.25, -0.2) is 9.97 Å². The third kappa shape index (κ3) is 2.28. The first-order valence-electron chi connectivity index (χ1n) is 5.27. The van der Waals surface area contributed by atoms with Gasteiger partial charge in [0.2, 0.25) is 5.95 Å². The molecule has 1 aromatic heterocycles. The summed E-state index contributed by atoms with van der Waals surface area (Å²) in [5.41, 5.74) is 1.89. The van der Waals surface area contributed by atoms with Crippen molar-refractivity contribution in [2.24, 2.45) is 0 Å². The molecule has 5 nitrogen and oxygen atoms in total. The number of morpholine rings is 1. The highest BCUT2D eigenvalue weighted by atomic mass is 16.5. The lowest BCUT2D eigenvalue weighted by molar-refractivity contribution is 0.0758. The van der Waals surface area contributed by atoms with Crippen LogP contribution in [0.3, 0.4) is 0 Å². The smallest absolute Gasteiger partial charge is 0.225 e. The van der Waals surface area contributed by atoms with E-state index >= 15 is 0 Å².